The quantitative estimate of drug-likeness (QED) is 0.257. The van der Waals surface area contributed by atoms with Gasteiger partial charge in [0.15, 0.2) is 5.70 Å². The van der Waals surface area contributed by atoms with Crippen molar-refractivity contribution in [2.24, 2.45) is 28.0 Å². The highest BCUT2D eigenvalue weighted by molar-refractivity contribution is 7.74. The minimum atomic E-state index is -3.95. The molecule has 88 valence electrons. The van der Waals surface area contributed by atoms with Gasteiger partial charge in [0, 0.05) is 4.62 Å². The van der Waals surface area contributed by atoms with Crippen molar-refractivity contribution >= 4 is 15.2 Å². The van der Waals surface area contributed by atoms with Crippen molar-refractivity contribution in [3.63, 3.8) is 0 Å². The van der Waals surface area contributed by atoms with Gasteiger partial charge in [-0.05, 0) is 0 Å². The van der Waals surface area contributed by atoms with Gasteiger partial charge in [-0.15, -0.1) is 4.86 Å². The van der Waals surface area contributed by atoms with E-state index in [1.165, 1.54) is 6.07 Å². The van der Waals surface area contributed by atoms with Gasteiger partial charge in [0.05, 0.1) is 0 Å². The number of nitrogens with one attached hydrogen (secondary N) is 1. The van der Waals surface area contributed by atoms with Crippen LogP contribution in [0.15, 0.2) is 11.4 Å². The summed E-state index contributed by atoms with van der Waals surface area (Å²) in [6, 6.07) is 3.45. The third-order valence-corrected chi connectivity index (χ3v) is 3.82. The van der Waals surface area contributed by atoms with Crippen LogP contribution in [0.3, 0.4) is 0 Å². The molecule has 0 heterocycles. The summed E-state index contributed by atoms with van der Waals surface area (Å²) < 4.78 is 25.3. The molecule has 0 radical (unpaired) electrons. The second-order valence-corrected chi connectivity index (χ2v) is 6.25. The predicted molar refractivity (Wildman–Crippen MR) is 59.2 cm³/mol. The number of nitrogens with two attached hydrogens (primary N) is 5. The van der Waals surface area contributed by atoms with Crippen LogP contribution in [0.5, 0.6) is 0 Å². The molecule has 12 heteroatoms. The number of nitriles is 1. The Hall–Kier alpha value is -1.38. The fraction of sp³-hybridized carbons (Fsp3) is 0. The van der Waals surface area contributed by atoms with Crippen LogP contribution in [0.4, 0.5) is 0 Å². The maximum absolute atomic E-state index is 11.3. The van der Waals surface area contributed by atoms with Crippen molar-refractivity contribution in [2.75, 3.05) is 0 Å². The summed E-state index contributed by atoms with van der Waals surface area (Å²) in [6.07, 6.45) is 0. The molecular formula is C4H11N8O2P2+. The lowest BCUT2D eigenvalue weighted by atomic mass is 10.4. The molecule has 10 nitrogen and oxygen atoms in total. The first-order chi connectivity index (χ1) is 7.07. The molecule has 11 N–H and O–H groups in total. The molecule has 0 fully saturated rings. The molecule has 0 bridgehead atoms. The molecule has 0 aromatic rings. The predicted octanol–water partition coefficient (Wildman–Crippen LogP) is -1.35. The van der Waals surface area contributed by atoms with Crippen LogP contribution < -0.4 is 32.8 Å². The van der Waals surface area contributed by atoms with E-state index in [2.05, 4.69) is 4.62 Å². The summed E-state index contributed by atoms with van der Waals surface area (Å²) in [4.78, 5) is 1.72. The van der Waals surface area contributed by atoms with Gasteiger partial charge in [-0.3, -0.25) is 15.6 Å². The largest absolute Gasteiger partial charge is 0.594 e. The maximum Gasteiger partial charge on any atom is 0.594 e. The molecule has 0 aliphatic rings. The van der Waals surface area contributed by atoms with Gasteiger partial charge < -0.3 is 11.5 Å². The van der Waals surface area contributed by atoms with E-state index in [9.17, 15) is 9.13 Å². The van der Waals surface area contributed by atoms with Crippen LogP contribution in [-0.4, -0.2) is 0 Å². The molecule has 1 atom stereocenters. The minimum Gasteiger partial charge on any atom is -0.388 e. The summed E-state index contributed by atoms with van der Waals surface area (Å²) in [6.45, 7) is 0. The van der Waals surface area contributed by atoms with Crippen LogP contribution in [0.25, 0.3) is 4.62 Å². The van der Waals surface area contributed by atoms with Gasteiger partial charge in [0.2, 0.25) is 0 Å². The smallest absolute Gasteiger partial charge is 0.388 e. The standard InChI is InChI=1S/C4H10N8O2P2/c5-1-3(6)4(7)2-11-16(10,14)12-15(8,9)13/h6H,7H2,(H7,8,9,10,12,13,14)/p+1. The van der Waals surface area contributed by atoms with Gasteiger partial charge in [0.25, 0.3) is 7.59 Å². The highest BCUT2D eigenvalue weighted by Gasteiger charge is 2.34. The average molecular weight is 265 g/mol. The first-order valence-electron chi connectivity index (χ1n) is 3.56. The van der Waals surface area contributed by atoms with Gasteiger partial charge in [-0.1, -0.05) is 0 Å². The summed E-state index contributed by atoms with van der Waals surface area (Å²) in [7, 11) is -7.75. The first-order valence-corrected chi connectivity index (χ1v) is 7.14. The van der Waals surface area contributed by atoms with Crippen molar-refractivity contribution in [3.05, 3.63) is 16.0 Å². The van der Waals surface area contributed by atoms with E-state index in [0.717, 1.165) is 0 Å². The van der Waals surface area contributed by atoms with Gasteiger partial charge in [-0.25, -0.2) is 4.57 Å². The summed E-state index contributed by atoms with van der Waals surface area (Å²) in [5.41, 5.74) is 24.4. The molecule has 0 amide bonds. The molecule has 1 unspecified atom stereocenters. The summed E-state index contributed by atoms with van der Waals surface area (Å²) in [5, 5.41) is 8.33. The molecule has 0 rings (SSSR count). The Morgan fingerprint density at radius 1 is 1.19 bits per heavy atom. The Balaban J connectivity index is 5.03. The third-order valence-electron chi connectivity index (χ3n) is 1.03. The van der Waals surface area contributed by atoms with E-state index in [4.69, 9.17) is 33.2 Å². The highest BCUT2D eigenvalue weighted by atomic mass is 31.2. The van der Waals surface area contributed by atoms with Crippen molar-refractivity contribution in [3.8, 4) is 12.1 Å². The van der Waals surface area contributed by atoms with Gasteiger partial charge >= 0.3 is 13.7 Å². The van der Waals surface area contributed by atoms with Crippen LogP contribution >= 0.6 is 15.2 Å². The van der Waals surface area contributed by atoms with E-state index in [1.54, 1.807) is 4.86 Å². The fourth-order valence-electron chi connectivity index (χ4n) is 0.495. The summed E-state index contributed by atoms with van der Waals surface area (Å²) in [5.74, 6) is 0. The molecule has 0 spiro atoms. The van der Waals surface area contributed by atoms with E-state index < -0.39 is 15.2 Å². The Labute approximate surface area is 91.3 Å². The summed E-state index contributed by atoms with van der Waals surface area (Å²) >= 11 is 0. The Morgan fingerprint density at radius 3 is 2.06 bits per heavy atom. The molecule has 0 saturated carbocycles. The van der Waals surface area contributed by atoms with Crippen LogP contribution in [0, 0.1) is 17.4 Å². The zero-order valence-electron chi connectivity index (χ0n) is 7.99. The molecule has 0 aromatic heterocycles. The zero-order chi connectivity index (χ0) is 13.0. The molecular weight excluding hydrogens is 254 g/mol. The normalized spacial score (nSPS) is 16.1. The van der Waals surface area contributed by atoms with Crippen molar-refractivity contribution in [1.29, 1.82) is 5.26 Å². The average Bonchev–Trinajstić information content (AvgIpc) is 2.09. The fourth-order valence-corrected chi connectivity index (χ4v) is 2.72. The molecule has 16 heavy (non-hydrogen) atoms. The van der Waals surface area contributed by atoms with E-state index >= 15 is 0 Å². The van der Waals surface area contributed by atoms with Crippen molar-refractivity contribution in [2.45, 2.75) is 0 Å². The van der Waals surface area contributed by atoms with Gasteiger partial charge in [0.1, 0.15) is 11.8 Å². The Bertz CT molecular complexity index is 500. The number of hydrogen-bond acceptors (Lipinski definition) is 5. The zero-order valence-corrected chi connectivity index (χ0v) is 9.78. The maximum atomic E-state index is 11.3. The van der Waals surface area contributed by atoms with Gasteiger partial charge in [-0.2, -0.15) is 10.8 Å². The molecule has 0 saturated heterocycles. The number of allylic oxidation sites excluding steroid dienone is 2. The number of nitrogens with zero attached hydrogens (tertiary/aromatic N) is 2. The second-order valence-electron chi connectivity index (χ2n) is 2.58. The lowest BCUT2D eigenvalue weighted by Crippen LogP contribution is -2.21. The van der Waals surface area contributed by atoms with E-state index in [-0.39, 0.29) is 11.4 Å². The van der Waals surface area contributed by atoms with Crippen LogP contribution in [0.2, 0.25) is 0 Å². The van der Waals surface area contributed by atoms with Crippen LogP contribution in [-0.2, 0) is 9.13 Å². The third kappa shape index (κ3) is 6.17. The number of rotatable bonds is 2. The molecule has 0 aromatic carbocycles. The van der Waals surface area contributed by atoms with E-state index in [0.29, 0.717) is 0 Å². The second kappa shape index (κ2) is 5.10. The monoisotopic (exact) mass is 265 g/mol. The topological polar surface area (TPSA) is 204 Å². The Kier molecular flexibility index (Phi) is 4.66. The SMILES string of the molecule is N#C/C(N)=C(/N)C#[N+]P(N)(=O)NP(N)(N)=O. The van der Waals surface area contributed by atoms with Crippen molar-refractivity contribution in [1.82, 2.24) is 4.86 Å². The lowest BCUT2D eigenvalue weighted by Gasteiger charge is -2.02. The molecule has 0 aliphatic heterocycles. The first kappa shape index (κ1) is 14.6. The minimum absolute atomic E-state index is 0.362. The Morgan fingerprint density at radius 2 is 1.69 bits per heavy atom. The lowest BCUT2D eigenvalue weighted by molar-refractivity contribution is 0.564. The number of hydrogen-bond donors (Lipinski definition) is 6. The van der Waals surface area contributed by atoms with Crippen LogP contribution in [0.1, 0.15) is 0 Å². The van der Waals surface area contributed by atoms with Crippen molar-refractivity contribution < 1.29 is 9.13 Å². The molecule has 0 aliphatic carbocycles. The highest BCUT2D eigenvalue weighted by Crippen LogP contribution is 2.42. The van der Waals surface area contributed by atoms with E-state index in [1.807, 2.05) is 6.07 Å².